The fraction of sp³-hybridized carbons (Fsp3) is 0.389. The van der Waals surface area contributed by atoms with Crippen molar-refractivity contribution in [2.75, 3.05) is 31.1 Å². The summed E-state index contributed by atoms with van der Waals surface area (Å²) < 4.78 is 24.3. The van der Waals surface area contributed by atoms with Gasteiger partial charge >= 0.3 is 0 Å². The fourth-order valence-electron chi connectivity index (χ4n) is 3.49. The standard InChI is InChI=1S/C18H18FN3O4/c19-13-2-1-3-14(8-13)22-11-18(26-10-16(22)23)4-6-21(7-5-18)17(24)15-9-25-12-20-15/h1-3,8-9,12H,4-7,10-11H2. The lowest BCUT2D eigenvalue weighted by atomic mass is 9.89. The van der Waals surface area contributed by atoms with Gasteiger partial charge in [-0.05, 0) is 31.0 Å². The Morgan fingerprint density at radius 1 is 1.27 bits per heavy atom. The van der Waals surface area contributed by atoms with Crippen molar-refractivity contribution < 1.29 is 23.1 Å². The van der Waals surface area contributed by atoms with Gasteiger partial charge in [0.15, 0.2) is 12.1 Å². The Bertz CT molecular complexity index is 816. The highest BCUT2D eigenvalue weighted by molar-refractivity contribution is 5.95. The number of likely N-dealkylation sites (tertiary alicyclic amines) is 1. The lowest BCUT2D eigenvalue weighted by Gasteiger charge is -2.46. The largest absolute Gasteiger partial charge is 0.451 e. The van der Waals surface area contributed by atoms with Crippen LogP contribution >= 0.6 is 0 Å². The number of benzene rings is 1. The van der Waals surface area contributed by atoms with Gasteiger partial charge in [0, 0.05) is 18.8 Å². The highest BCUT2D eigenvalue weighted by Gasteiger charge is 2.43. The molecule has 2 aromatic rings. The van der Waals surface area contributed by atoms with E-state index in [0.717, 1.165) is 0 Å². The Kier molecular flexibility index (Phi) is 4.20. The summed E-state index contributed by atoms with van der Waals surface area (Å²) in [6.45, 7) is 1.29. The van der Waals surface area contributed by atoms with E-state index in [1.54, 1.807) is 21.9 Å². The predicted molar refractivity (Wildman–Crippen MR) is 89.1 cm³/mol. The van der Waals surface area contributed by atoms with Crippen LogP contribution in [0, 0.1) is 5.82 Å². The van der Waals surface area contributed by atoms with Gasteiger partial charge in [-0.15, -0.1) is 0 Å². The molecule has 0 atom stereocenters. The number of oxazole rings is 1. The molecule has 2 fully saturated rings. The summed E-state index contributed by atoms with van der Waals surface area (Å²) in [6, 6.07) is 5.99. The van der Waals surface area contributed by atoms with Crippen molar-refractivity contribution in [2.45, 2.75) is 18.4 Å². The number of amides is 2. The smallest absolute Gasteiger partial charge is 0.275 e. The summed E-state index contributed by atoms with van der Waals surface area (Å²) in [5.74, 6) is -0.756. The van der Waals surface area contributed by atoms with E-state index in [9.17, 15) is 14.0 Å². The SMILES string of the molecule is O=C(c1cocn1)N1CCC2(CC1)CN(c1cccc(F)c1)C(=O)CO2. The van der Waals surface area contributed by atoms with Crippen LogP contribution in [0.3, 0.4) is 0 Å². The van der Waals surface area contributed by atoms with E-state index in [-0.39, 0.29) is 29.9 Å². The molecule has 2 saturated heterocycles. The van der Waals surface area contributed by atoms with Gasteiger partial charge in [0.05, 0.1) is 12.1 Å². The number of hydrogen-bond acceptors (Lipinski definition) is 5. The number of aromatic nitrogens is 1. The molecule has 0 radical (unpaired) electrons. The molecule has 8 heteroatoms. The highest BCUT2D eigenvalue weighted by atomic mass is 19.1. The topological polar surface area (TPSA) is 75.9 Å². The van der Waals surface area contributed by atoms with E-state index in [0.29, 0.717) is 38.2 Å². The van der Waals surface area contributed by atoms with Crippen LogP contribution < -0.4 is 4.90 Å². The van der Waals surface area contributed by atoms with Gasteiger partial charge in [0.25, 0.3) is 11.8 Å². The van der Waals surface area contributed by atoms with Crippen LogP contribution in [0.5, 0.6) is 0 Å². The molecule has 3 heterocycles. The first-order valence-corrected chi connectivity index (χ1v) is 8.44. The van der Waals surface area contributed by atoms with E-state index in [1.807, 2.05) is 0 Å². The molecule has 1 spiro atoms. The van der Waals surface area contributed by atoms with Crippen molar-refractivity contribution in [3.05, 3.63) is 48.4 Å². The Balaban J connectivity index is 1.46. The Morgan fingerprint density at radius 3 is 2.77 bits per heavy atom. The lowest BCUT2D eigenvalue weighted by Crippen LogP contribution is -2.59. The second kappa shape index (κ2) is 6.53. The van der Waals surface area contributed by atoms with Crippen molar-refractivity contribution >= 4 is 17.5 Å². The molecular weight excluding hydrogens is 341 g/mol. The monoisotopic (exact) mass is 359 g/mol. The molecule has 2 amide bonds. The second-order valence-electron chi connectivity index (χ2n) is 6.60. The first kappa shape index (κ1) is 16.7. The third-order valence-corrected chi connectivity index (χ3v) is 4.98. The van der Waals surface area contributed by atoms with Gasteiger partial charge in [-0.25, -0.2) is 9.37 Å². The summed E-state index contributed by atoms with van der Waals surface area (Å²) in [5.41, 5.74) is 0.279. The minimum Gasteiger partial charge on any atom is -0.451 e. The fourth-order valence-corrected chi connectivity index (χ4v) is 3.49. The number of nitrogens with zero attached hydrogens (tertiary/aromatic N) is 3. The highest BCUT2D eigenvalue weighted by Crippen LogP contribution is 2.33. The van der Waals surface area contributed by atoms with Crippen LogP contribution in [0.1, 0.15) is 23.3 Å². The minimum absolute atomic E-state index is 0.0479. The average Bonchev–Trinajstić information content (AvgIpc) is 3.19. The Labute approximate surface area is 149 Å². The molecule has 4 rings (SSSR count). The molecule has 0 saturated carbocycles. The molecule has 2 aliphatic rings. The summed E-state index contributed by atoms with van der Waals surface area (Å²) in [7, 11) is 0. The number of carbonyl (C=O) groups excluding carboxylic acids is 2. The van der Waals surface area contributed by atoms with Gasteiger partial charge in [-0.1, -0.05) is 6.07 Å². The lowest BCUT2D eigenvalue weighted by molar-refractivity contribution is -0.143. The molecular formula is C18H18FN3O4. The van der Waals surface area contributed by atoms with E-state index in [1.165, 1.54) is 24.8 Å². The molecule has 0 N–H and O–H groups in total. The third kappa shape index (κ3) is 3.08. The van der Waals surface area contributed by atoms with E-state index >= 15 is 0 Å². The van der Waals surface area contributed by atoms with Crippen molar-refractivity contribution in [3.8, 4) is 0 Å². The molecule has 26 heavy (non-hydrogen) atoms. The second-order valence-corrected chi connectivity index (χ2v) is 6.60. The van der Waals surface area contributed by atoms with Crippen molar-refractivity contribution in [2.24, 2.45) is 0 Å². The van der Waals surface area contributed by atoms with Crippen LogP contribution in [0.4, 0.5) is 10.1 Å². The summed E-state index contributed by atoms with van der Waals surface area (Å²) in [5, 5.41) is 0. The van der Waals surface area contributed by atoms with Crippen LogP contribution in [0.25, 0.3) is 0 Å². The summed E-state index contributed by atoms with van der Waals surface area (Å²) in [4.78, 5) is 31.8. The van der Waals surface area contributed by atoms with Gasteiger partial charge in [-0.3, -0.25) is 9.59 Å². The number of anilines is 1. The van der Waals surface area contributed by atoms with Crippen LogP contribution in [0.15, 0.2) is 41.3 Å². The zero-order valence-corrected chi connectivity index (χ0v) is 14.1. The Hall–Kier alpha value is -2.74. The van der Waals surface area contributed by atoms with Crippen molar-refractivity contribution in [3.63, 3.8) is 0 Å². The number of piperidine rings is 1. The minimum atomic E-state index is -0.527. The summed E-state index contributed by atoms with van der Waals surface area (Å²) >= 11 is 0. The van der Waals surface area contributed by atoms with Gasteiger partial charge in [-0.2, -0.15) is 0 Å². The first-order valence-electron chi connectivity index (χ1n) is 8.44. The maximum atomic E-state index is 13.5. The quantitative estimate of drug-likeness (QED) is 0.818. The third-order valence-electron chi connectivity index (χ3n) is 4.98. The van der Waals surface area contributed by atoms with E-state index in [2.05, 4.69) is 4.98 Å². The number of rotatable bonds is 2. The molecule has 136 valence electrons. The number of morpholine rings is 1. The van der Waals surface area contributed by atoms with Crippen LogP contribution in [0.2, 0.25) is 0 Å². The van der Waals surface area contributed by atoms with Crippen LogP contribution in [-0.2, 0) is 9.53 Å². The number of halogens is 1. The van der Waals surface area contributed by atoms with Gasteiger partial charge in [0.1, 0.15) is 18.7 Å². The molecule has 7 nitrogen and oxygen atoms in total. The van der Waals surface area contributed by atoms with Crippen molar-refractivity contribution in [1.82, 2.24) is 9.88 Å². The van der Waals surface area contributed by atoms with Crippen molar-refractivity contribution in [1.29, 1.82) is 0 Å². The summed E-state index contributed by atoms with van der Waals surface area (Å²) in [6.07, 6.45) is 3.74. The molecule has 0 aliphatic carbocycles. The molecule has 1 aromatic carbocycles. The average molecular weight is 359 g/mol. The van der Waals surface area contributed by atoms with Crippen LogP contribution in [-0.4, -0.2) is 53.5 Å². The number of hydrogen-bond donors (Lipinski definition) is 0. The van der Waals surface area contributed by atoms with Gasteiger partial charge < -0.3 is 19.0 Å². The van der Waals surface area contributed by atoms with E-state index in [4.69, 9.17) is 9.15 Å². The zero-order chi connectivity index (χ0) is 18.1. The van der Waals surface area contributed by atoms with E-state index < -0.39 is 5.60 Å². The molecule has 0 bridgehead atoms. The maximum absolute atomic E-state index is 13.5. The molecule has 1 aromatic heterocycles. The number of carbonyl (C=O) groups is 2. The molecule has 0 unspecified atom stereocenters. The Morgan fingerprint density at radius 2 is 2.08 bits per heavy atom. The number of ether oxygens (including phenoxy) is 1. The normalized spacial score (nSPS) is 19.8. The zero-order valence-electron chi connectivity index (χ0n) is 14.1. The molecule has 2 aliphatic heterocycles. The first-order chi connectivity index (χ1) is 12.6. The maximum Gasteiger partial charge on any atom is 0.275 e. The van der Waals surface area contributed by atoms with Gasteiger partial charge in [0.2, 0.25) is 0 Å². The predicted octanol–water partition coefficient (Wildman–Crippen LogP) is 1.85.